The van der Waals surface area contributed by atoms with Gasteiger partial charge in [-0.1, -0.05) is 35.3 Å². The summed E-state index contributed by atoms with van der Waals surface area (Å²) in [6, 6.07) is 10.0. The van der Waals surface area contributed by atoms with E-state index < -0.39 is 0 Å². The van der Waals surface area contributed by atoms with Gasteiger partial charge in [-0.2, -0.15) is 5.10 Å². The normalized spacial score (nSPS) is 10.8. The Balaban J connectivity index is 2.13. The quantitative estimate of drug-likeness (QED) is 0.434. The van der Waals surface area contributed by atoms with Crippen LogP contribution in [0.3, 0.4) is 0 Å². The van der Waals surface area contributed by atoms with Gasteiger partial charge in [0.2, 0.25) is 0 Å². The lowest BCUT2D eigenvalue weighted by molar-refractivity contribution is 0.0954. The lowest BCUT2D eigenvalue weighted by atomic mass is 10.2. The molecule has 0 bridgehead atoms. The minimum atomic E-state index is -0.344. The lowest BCUT2D eigenvalue weighted by Crippen LogP contribution is -2.18. The lowest BCUT2D eigenvalue weighted by Gasteiger charge is -2.04. The van der Waals surface area contributed by atoms with Crippen LogP contribution in [0.5, 0.6) is 5.75 Å². The van der Waals surface area contributed by atoms with Crippen LogP contribution in [0, 0.1) is 3.57 Å². The molecule has 0 atom stereocenters. The van der Waals surface area contributed by atoms with E-state index in [2.05, 4.69) is 33.1 Å². The van der Waals surface area contributed by atoms with Gasteiger partial charge in [0.1, 0.15) is 5.75 Å². The summed E-state index contributed by atoms with van der Waals surface area (Å²) in [5, 5.41) is 14.0. The highest BCUT2D eigenvalue weighted by Gasteiger charge is 2.08. The van der Waals surface area contributed by atoms with Crippen molar-refractivity contribution >= 4 is 57.9 Å². The average Bonchev–Trinajstić information content (AvgIpc) is 2.44. The highest BCUT2D eigenvalue weighted by molar-refractivity contribution is 14.1. The molecule has 108 valence electrons. The van der Waals surface area contributed by atoms with Gasteiger partial charge in [0.25, 0.3) is 5.91 Å². The number of rotatable bonds is 3. The van der Waals surface area contributed by atoms with E-state index in [9.17, 15) is 9.90 Å². The Morgan fingerprint density at radius 1 is 1.29 bits per heavy atom. The molecule has 0 aliphatic carbocycles. The molecule has 21 heavy (non-hydrogen) atoms. The van der Waals surface area contributed by atoms with Crippen molar-refractivity contribution in [2.24, 2.45) is 5.10 Å². The SMILES string of the molecule is O=C(NN=Cc1cc(Cl)cc(Cl)c1O)c1ccccc1I. The van der Waals surface area contributed by atoms with Gasteiger partial charge in [-0.25, -0.2) is 5.43 Å². The number of amides is 1. The van der Waals surface area contributed by atoms with E-state index in [0.717, 1.165) is 3.57 Å². The Bertz CT molecular complexity index is 720. The van der Waals surface area contributed by atoms with E-state index in [-0.39, 0.29) is 16.7 Å². The minimum absolute atomic E-state index is 0.118. The van der Waals surface area contributed by atoms with E-state index in [1.54, 1.807) is 12.1 Å². The molecule has 0 spiro atoms. The number of carbonyl (C=O) groups excluding carboxylic acids is 1. The summed E-state index contributed by atoms with van der Waals surface area (Å²) in [6.45, 7) is 0. The molecule has 7 heteroatoms. The number of benzene rings is 2. The minimum Gasteiger partial charge on any atom is -0.506 e. The maximum Gasteiger partial charge on any atom is 0.272 e. The molecule has 2 rings (SSSR count). The maximum atomic E-state index is 11.9. The highest BCUT2D eigenvalue weighted by atomic mass is 127. The molecule has 2 aromatic carbocycles. The zero-order valence-corrected chi connectivity index (χ0v) is 14.1. The number of hydrogen-bond donors (Lipinski definition) is 2. The molecule has 0 saturated carbocycles. The fraction of sp³-hybridized carbons (Fsp3) is 0. The smallest absolute Gasteiger partial charge is 0.272 e. The summed E-state index contributed by atoms with van der Waals surface area (Å²) in [6.07, 6.45) is 1.28. The van der Waals surface area contributed by atoms with E-state index in [1.807, 2.05) is 12.1 Å². The topological polar surface area (TPSA) is 61.7 Å². The molecule has 1 amide bonds. The number of carbonyl (C=O) groups is 1. The second kappa shape index (κ2) is 7.11. The molecule has 0 aromatic heterocycles. The number of aromatic hydroxyl groups is 1. The van der Waals surface area contributed by atoms with Gasteiger partial charge < -0.3 is 5.11 Å². The fourth-order valence-corrected chi connectivity index (χ4v) is 2.69. The Kier molecular flexibility index (Phi) is 5.44. The van der Waals surface area contributed by atoms with E-state index in [4.69, 9.17) is 23.2 Å². The number of halogens is 3. The van der Waals surface area contributed by atoms with Crippen molar-refractivity contribution in [3.05, 3.63) is 61.1 Å². The fourth-order valence-electron chi connectivity index (χ4n) is 1.55. The van der Waals surface area contributed by atoms with Gasteiger partial charge >= 0.3 is 0 Å². The summed E-state index contributed by atoms with van der Waals surface area (Å²) in [5.41, 5.74) is 3.22. The van der Waals surface area contributed by atoms with Crippen LogP contribution in [-0.2, 0) is 0 Å². The number of hydrazone groups is 1. The summed E-state index contributed by atoms with van der Waals surface area (Å²) in [7, 11) is 0. The molecule has 0 unspecified atom stereocenters. The average molecular weight is 435 g/mol. The van der Waals surface area contributed by atoms with Gasteiger partial charge in [-0.3, -0.25) is 4.79 Å². The summed E-state index contributed by atoms with van der Waals surface area (Å²) in [5.74, 6) is -0.489. The summed E-state index contributed by atoms with van der Waals surface area (Å²) >= 11 is 13.7. The third kappa shape index (κ3) is 4.09. The second-order valence-corrected chi connectivity index (χ2v) is 6.01. The van der Waals surface area contributed by atoms with Gasteiger partial charge in [-0.05, 0) is 46.9 Å². The van der Waals surface area contributed by atoms with Gasteiger partial charge in [-0.15, -0.1) is 0 Å². The van der Waals surface area contributed by atoms with Crippen LogP contribution >= 0.6 is 45.8 Å². The van der Waals surface area contributed by atoms with Crippen molar-refractivity contribution in [2.45, 2.75) is 0 Å². The van der Waals surface area contributed by atoms with Crippen LogP contribution in [0.1, 0.15) is 15.9 Å². The second-order valence-electron chi connectivity index (χ2n) is 4.00. The van der Waals surface area contributed by atoms with E-state index in [1.165, 1.54) is 18.3 Å². The third-order valence-electron chi connectivity index (χ3n) is 2.55. The Morgan fingerprint density at radius 2 is 2.00 bits per heavy atom. The monoisotopic (exact) mass is 434 g/mol. The zero-order chi connectivity index (χ0) is 15.4. The molecule has 4 nitrogen and oxygen atoms in total. The highest BCUT2D eigenvalue weighted by Crippen LogP contribution is 2.29. The molecule has 2 aromatic rings. The first-order chi connectivity index (χ1) is 9.99. The van der Waals surface area contributed by atoms with Crippen LogP contribution < -0.4 is 5.43 Å². The first-order valence-electron chi connectivity index (χ1n) is 5.75. The third-order valence-corrected chi connectivity index (χ3v) is 3.99. The Labute approximate surface area is 144 Å². The van der Waals surface area contributed by atoms with Crippen molar-refractivity contribution in [3.8, 4) is 5.75 Å². The van der Waals surface area contributed by atoms with Crippen molar-refractivity contribution in [2.75, 3.05) is 0 Å². The number of nitrogens with zero attached hydrogens (tertiary/aromatic N) is 1. The molecule has 2 N–H and O–H groups in total. The van der Waals surface area contributed by atoms with Gasteiger partial charge in [0.15, 0.2) is 0 Å². The maximum absolute atomic E-state index is 11.9. The van der Waals surface area contributed by atoms with Crippen LogP contribution in [0.25, 0.3) is 0 Å². The van der Waals surface area contributed by atoms with Gasteiger partial charge in [0, 0.05) is 14.2 Å². The Morgan fingerprint density at radius 3 is 2.71 bits per heavy atom. The first-order valence-corrected chi connectivity index (χ1v) is 7.58. The van der Waals surface area contributed by atoms with E-state index in [0.29, 0.717) is 16.1 Å². The first kappa shape index (κ1) is 16.1. The molecular formula is C14H9Cl2IN2O2. The van der Waals surface area contributed by atoms with Crippen LogP contribution in [0.4, 0.5) is 0 Å². The number of hydrogen-bond acceptors (Lipinski definition) is 3. The van der Waals surface area contributed by atoms with Gasteiger partial charge in [0.05, 0.1) is 16.8 Å². The number of phenols is 1. The molecule has 0 aliphatic heterocycles. The Hall–Kier alpha value is -1.31. The number of phenolic OH excluding ortho intramolecular Hbond substituents is 1. The molecule has 0 aliphatic rings. The predicted molar refractivity (Wildman–Crippen MR) is 92.3 cm³/mol. The van der Waals surface area contributed by atoms with Crippen LogP contribution in [0.2, 0.25) is 10.0 Å². The largest absolute Gasteiger partial charge is 0.506 e. The zero-order valence-electron chi connectivity index (χ0n) is 10.5. The van der Waals surface area contributed by atoms with Crippen molar-refractivity contribution < 1.29 is 9.90 Å². The van der Waals surface area contributed by atoms with Crippen molar-refractivity contribution in [1.29, 1.82) is 0 Å². The van der Waals surface area contributed by atoms with Crippen molar-refractivity contribution in [3.63, 3.8) is 0 Å². The molecule has 0 fully saturated rings. The van der Waals surface area contributed by atoms with Crippen LogP contribution in [-0.4, -0.2) is 17.2 Å². The molecular weight excluding hydrogens is 426 g/mol. The van der Waals surface area contributed by atoms with Crippen molar-refractivity contribution in [1.82, 2.24) is 5.43 Å². The molecule has 0 heterocycles. The van der Waals surface area contributed by atoms with E-state index >= 15 is 0 Å². The summed E-state index contributed by atoms with van der Waals surface area (Å²) in [4.78, 5) is 11.9. The van der Waals surface area contributed by atoms with Crippen LogP contribution in [0.15, 0.2) is 41.5 Å². The summed E-state index contributed by atoms with van der Waals surface area (Å²) < 4.78 is 0.816. The molecule has 0 radical (unpaired) electrons. The standard InChI is InChI=1S/C14H9Cl2IN2O2/c15-9-5-8(13(20)11(16)6-9)7-18-19-14(21)10-3-1-2-4-12(10)17/h1-7,20H,(H,19,21). The predicted octanol–water partition coefficient (Wildman–Crippen LogP) is 4.07. The molecule has 0 saturated heterocycles. The number of nitrogens with one attached hydrogen (secondary N) is 1.